The van der Waals surface area contributed by atoms with Crippen LogP contribution in [0.15, 0.2) is 12.2 Å². The van der Waals surface area contributed by atoms with Crippen LogP contribution < -0.4 is 16.4 Å². The number of allylic oxidation sites excluding steroid dienone is 2. The second-order valence-electron chi connectivity index (χ2n) is 16.1. The summed E-state index contributed by atoms with van der Waals surface area (Å²) in [6, 6.07) is -7.46. The van der Waals surface area contributed by atoms with Crippen LogP contribution in [0.4, 0.5) is 9.59 Å². The molecule has 0 bridgehead atoms. The minimum absolute atomic E-state index is 0.0169. The van der Waals surface area contributed by atoms with E-state index in [9.17, 15) is 38.7 Å². The predicted octanol–water partition coefficient (Wildman–Crippen LogP) is 0.782. The number of carbonyl (C=O) groups excluding carboxylic acids is 7. The number of urea groups is 2. The first-order valence-electron chi connectivity index (χ1n) is 20.2. The third kappa shape index (κ3) is 16.8. The molecule has 0 aliphatic carbocycles. The molecule has 1 aliphatic rings. The second-order valence-corrected chi connectivity index (χ2v) is 16.1. The number of methoxy groups -OCH3 is 1. The molecular formula is C40H72N8O11. The standard InChI is InChI=1S/C40H72N8O11/c1-13-15-16-27(5)33(50)32(46(10)31(49)23-26(3)4)35(52)42-28(14-2)36(53)45(9)30(25-59-22-19-48-17-20-58-21-18-48)37(54)44(8)29(24-40(6,7)57-12)34(51)43-39(56)47(11)38(41)55/h13,15,26-30,32-33,50H,14,16-25H2,1-12H3,(H2,41,55)(H,42,52)(H,43,51,56)/b15-13+/t27-,28+,29+,30-,32+,33-/m1/s1. The van der Waals surface area contributed by atoms with Gasteiger partial charge in [0.25, 0.3) is 5.91 Å². The van der Waals surface area contributed by atoms with Gasteiger partial charge in [-0.1, -0.05) is 39.8 Å². The number of aliphatic hydroxyl groups excluding tert-OH is 1. The zero-order valence-electron chi connectivity index (χ0n) is 37.3. The molecule has 0 saturated carbocycles. The minimum atomic E-state index is -1.35. The van der Waals surface area contributed by atoms with Gasteiger partial charge in [-0.05, 0) is 45.4 Å². The van der Waals surface area contributed by atoms with Gasteiger partial charge < -0.3 is 45.1 Å². The topological polar surface area (TPSA) is 234 Å². The highest BCUT2D eigenvalue weighted by atomic mass is 16.5. The lowest BCUT2D eigenvalue weighted by atomic mass is 9.92. The molecule has 0 spiro atoms. The van der Waals surface area contributed by atoms with Gasteiger partial charge in [-0.3, -0.25) is 34.2 Å². The van der Waals surface area contributed by atoms with E-state index in [2.05, 4.69) is 15.5 Å². The number of carbonyl (C=O) groups is 7. The number of hydrogen-bond acceptors (Lipinski definition) is 12. The van der Waals surface area contributed by atoms with E-state index in [4.69, 9.17) is 19.9 Å². The van der Waals surface area contributed by atoms with E-state index in [1.54, 1.807) is 27.7 Å². The second kappa shape index (κ2) is 25.5. The van der Waals surface area contributed by atoms with Gasteiger partial charge in [-0.15, -0.1) is 0 Å². The third-order valence-electron chi connectivity index (χ3n) is 10.6. The van der Waals surface area contributed by atoms with Crippen LogP contribution in [0.1, 0.15) is 74.1 Å². The summed E-state index contributed by atoms with van der Waals surface area (Å²) in [5.74, 6) is -3.89. The molecule has 1 rings (SSSR count). The highest BCUT2D eigenvalue weighted by molar-refractivity contribution is 6.04. The molecule has 59 heavy (non-hydrogen) atoms. The van der Waals surface area contributed by atoms with Crippen LogP contribution >= 0.6 is 0 Å². The fraction of sp³-hybridized carbons (Fsp3) is 0.775. The first-order chi connectivity index (χ1) is 27.5. The van der Waals surface area contributed by atoms with Crippen LogP contribution in [-0.4, -0.2) is 188 Å². The van der Waals surface area contributed by atoms with Crippen molar-refractivity contribution >= 4 is 41.6 Å². The summed E-state index contributed by atoms with van der Waals surface area (Å²) in [6.07, 6.45) is 2.93. The summed E-state index contributed by atoms with van der Waals surface area (Å²) in [7, 11) is 6.66. The molecule has 0 radical (unpaired) electrons. The maximum absolute atomic E-state index is 14.5. The van der Waals surface area contributed by atoms with E-state index in [1.807, 2.05) is 32.9 Å². The fourth-order valence-corrected chi connectivity index (χ4v) is 6.28. The number of nitrogens with two attached hydrogens (primary N) is 1. The fourth-order valence-electron chi connectivity index (χ4n) is 6.28. The van der Waals surface area contributed by atoms with Crippen molar-refractivity contribution in [2.75, 3.05) is 81.4 Å². The number of aliphatic hydroxyl groups is 1. The maximum Gasteiger partial charge on any atom is 0.331 e. The molecule has 1 saturated heterocycles. The first-order valence-corrected chi connectivity index (χ1v) is 20.2. The Kier molecular flexibility index (Phi) is 22.8. The highest BCUT2D eigenvalue weighted by Gasteiger charge is 2.42. The predicted molar refractivity (Wildman–Crippen MR) is 221 cm³/mol. The molecule has 1 aliphatic heterocycles. The van der Waals surface area contributed by atoms with Gasteiger partial charge in [-0.2, -0.15) is 0 Å². The van der Waals surface area contributed by atoms with E-state index in [0.29, 0.717) is 44.2 Å². The Morgan fingerprint density at radius 3 is 2.05 bits per heavy atom. The molecule has 0 aromatic rings. The van der Waals surface area contributed by atoms with Crippen LogP contribution in [0.25, 0.3) is 0 Å². The Bertz CT molecular complexity index is 1440. The number of primary amides is 1. The monoisotopic (exact) mass is 841 g/mol. The molecule has 0 unspecified atom stereocenters. The van der Waals surface area contributed by atoms with Gasteiger partial charge in [0.2, 0.25) is 23.6 Å². The van der Waals surface area contributed by atoms with Crippen molar-refractivity contribution in [3.63, 3.8) is 0 Å². The van der Waals surface area contributed by atoms with Gasteiger partial charge in [0.1, 0.15) is 24.2 Å². The number of nitrogens with one attached hydrogen (secondary N) is 2. The molecule has 6 atom stereocenters. The van der Waals surface area contributed by atoms with Crippen molar-refractivity contribution in [2.24, 2.45) is 17.6 Å². The van der Waals surface area contributed by atoms with Gasteiger partial charge >= 0.3 is 12.1 Å². The molecule has 0 aromatic carbocycles. The SMILES string of the molecule is C/C=C/C[C@@H](C)[C@@H](O)[C@@H](C(=O)N[C@@H](CC)C(=O)N(C)[C@H](COCCN1CCOCC1)C(=O)N(C)[C@@H](CC(C)(C)OC)C(=O)NC(=O)N(C)C(N)=O)N(C)C(=O)CC(C)C. The van der Waals surface area contributed by atoms with Gasteiger partial charge in [0, 0.05) is 67.8 Å². The van der Waals surface area contributed by atoms with Gasteiger partial charge in [0.15, 0.2) is 0 Å². The average Bonchev–Trinajstić information content (AvgIpc) is 3.19. The Morgan fingerprint density at radius 1 is 0.932 bits per heavy atom. The molecule has 19 heteroatoms. The van der Waals surface area contributed by atoms with E-state index in [0.717, 1.165) is 16.8 Å². The van der Waals surface area contributed by atoms with E-state index in [1.165, 1.54) is 33.2 Å². The zero-order valence-corrected chi connectivity index (χ0v) is 37.3. The molecule has 338 valence electrons. The van der Waals surface area contributed by atoms with E-state index in [-0.39, 0.29) is 44.3 Å². The molecule has 5 N–H and O–H groups in total. The number of likely N-dealkylation sites (N-methyl/N-ethyl adjacent to an activating group) is 3. The largest absolute Gasteiger partial charge is 0.390 e. The summed E-state index contributed by atoms with van der Waals surface area (Å²) >= 11 is 0. The van der Waals surface area contributed by atoms with Crippen LogP contribution in [0.2, 0.25) is 0 Å². The number of amides is 9. The van der Waals surface area contributed by atoms with Crippen LogP contribution in [0.3, 0.4) is 0 Å². The van der Waals surface area contributed by atoms with Gasteiger partial charge in [0.05, 0.1) is 38.1 Å². The van der Waals surface area contributed by atoms with Crippen molar-refractivity contribution in [2.45, 2.75) is 110 Å². The minimum Gasteiger partial charge on any atom is -0.390 e. The lowest BCUT2D eigenvalue weighted by Crippen LogP contribution is -2.62. The lowest BCUT2D eigenvalue weighted by molar-refractivity contribution is -0.153. The summed E-state index contributed by atoms with van der Waals surface area (Å²) < 4.78 is 17.0. The van der Waals surface area contributed by atoms with Gasteiger partial charge in [-0.25, -0.2) is 14.5 Å². The van der Waals surface area contributed by atoms with Crippen molar-refractivity contribution in [3.05, 3.63) is 12.2 Å². The number of nitrogens with zero attached hydrogens (tertiary/aromatic N) is 5. The number of rotatable bonds is 23. The van der Waals surface area contributed by atoms with Crippen molar-refractivity contribution < 1.29 is 52.9 Å². The maximum atomic E-state index is 14.5. The van der Waals surface area contributed by atoms with Crippen molar-refractivity contribution in [3.8, 4) is 0 Å². The van der Waals surface area contributed by atoms with Crippen molar-refractivity contribution in [1.29, 1.82) is 0 Å². The first kappa shape index (κ1) is 52.8. The Morgan fingerprint density at radius 2 is 1.53 bits per heavy atom. The van der Waals surface area contributed by atoms with Crippen LogP contribution in [0, 0.1) is 11.8 Å². The average molecular weight is 841 g/mol. The summed E-state index contributed by atoms with van der Waals surface area (Å²) in [5, 5.41) is 16.3. The molecule has 1 heterocycles. The molecular weight excluding hydrogens is 768 g/mol. The Balaban J connectivity index is 3.58. The summed E-state index contributed by atoms with van der Waals surface area (Å²) in [4.78, 5) is 100. The normalized spacial score (nSPS) is 16.6. The van der Waals surface area contributed by atoms with Crippen LogP contribution in [-0.2, 0) is 38.2 Å². The summed E-state index contributed by atoms with van der Waals surface area (Å²) in [6.45, 7) is 15.3. The Labute approximate surface area is 350 Å². The molecule has 1 fully saturated rings. The zero-order chi connectivity index (χ0) is 45.2. The van der Waals surface area contributed by atoms with E-state index < -0.39 is 77.5 Å². The number of ether oxygens (including phenoxy) is 3. The number of imide groups is 2. The molecule has 19 nitrogen and oxygen atoms in total. The lowest BCUT2D eigenvalue weighted by Gasteiger charge is -2.38. The van der Waals surface area contributed by atoms with Crippen molar-refractivity contribution in [1.82, 2.24) is 35.1 Å². The smallest absolute Gasteiger partial charge is 0.331 e. The molecule has 9 amide bonds. The highest BCUT2D eigenvalue weighted by Crippen LogP contribution is 2.22. The Hall–Kier alpha value is -4.17. The van der Waals surface area contributed by atoms with E-state index >= 15 is 0 Å². The summed E-state index contributed by atoms with van der Waals surface area (Å²) in [5.41, 5.74) is 4.22. The number of morpholine rings is 1. The van der Waals surface area contributed by atoms with Crippen LogP contribution in [0.5, 0.6) is 0 Å². The quantitative estimate of drug-likeness (QED) is 0.0826. The third-order valence-corrected chi connectivity index (χ3v) is 10.6. The number of hydrogen-bond donors (Lipinski definition) is 4. The molecule has 0 aromatic heterocycles.